The normalized spacial score (nSPS) is 17.8. The molecule has 0 spiro atoms. The SMILES string of the molecule is Cc1cc(Oc2[c-]c(C3=N[C@H](c4ccccc4)[C@@H]4c5ccccc5CN34)cc(C(C)C)c2)[c-]c(N2c3ccc(C(C)(C)C)cc3C(C)(C)c3cccnc32)c1.[Pt+2]. The number of hydrogen-bond donors (Lipinski definition) is 0. The summed E-state index contributed by atoms with van der Waals surface area (Å²) in [7, 11) is 0. The number of hydrogen-bond acceptors (Lipinski definition) is 5. The second-order valence-electron chi connectivity index (χ2n) is 17.3. The van der Waals surface area contributed by atoms with Gasteiger partial charge in [-0.2, -0.15) is 5.56 Å². The third kappa shape index (κ3) is 6.48. The average Bonchev–Trinajstić information content (AvgIpc) is 3.72. The molecule has 0 saturated heterocycles. The fourth-order valence-corrected chi connectivity index (χ4v) is 8.67. The van der Waals surface area contributed by atoms with Crippen LogP contribution in [-0.2, 0) is 38.4 Å². The van der Waals surface area contributed by atoms with Crippen molar-refractivity contribution in [3.8, 4) is 11.5 Å². The Kier molecular flexibility index (Phi) is 9.60. The topological polar surface area (TPSA) is 41.0 Å². The Labute approximate surface area is 346 Å². The number of fused-ring (bicyclic) bond motifs is 5. The molecule has 6 aromatic rings. The van der Waals surface area contributed by atoms with E-state index < -0.39 is 0 Å². The van der Waals surface area contributed by atoms with Gasteiger partial charge in [0, 0.05) is 46.7 Å². The van der Waals surface area contributed by atoms with Gasteiger partial charge in [-0.3, -0.25) is 0 Å². The maximum absolute atomic E-state index is 6.82. The molecule has 6 heteroatoms. The van der Waals surface area contributed by atoms with Gasteiger partial charge in [-0.1, -0.05) is 146 Å². The van der Waals surface area contributed by atoms with E-state index in [2.05, 4.69) is 180 Å². The second-order valence-corrected chi connectivity index (χ2v) is 17.3. The molecule has 284 valence electrons. The molecular formula is C50H48N4OPt. The minimum atomic E-state index is -0.235. The Bertz CT molecular complexity index is 2480. The average molecular weight is 916 g/mol. The summed E-state index contributed by atoms with van der Waals surface area (Å²) in [6.07, 6.45) is 1.88. The van der Waals surface area contributed by atoms with Crippen LogP contribution in [-0.4, -0.2) is 15.7 Å². The predicted molar refractivity (Wildman–Crippen MR) is 223 cm³/mol. The molecule has 0 fully saturated rings. The summed E-state index contributed by atoms with van der Waals surface area (Å²) in [5, 5.41) is 0. The molecule has 0 saturated carbocycles. The summed E-state index contributed by atoms with van der Waals surface area (Å²) in [6, 6.07) is 46.7. The van der Waals surface area contributed by atoms with Crippen molar-refractivity contribution in [2.75, 3.05) is 4.90 Å². The van der Waals surface area contributed by atoms with Crippen molar-refractivity contribution >= 4 is 23.0 Å². The Hall–Kier alpha value is -4.99. The van der Waals surface area contributed by atoms with Gasteiger partial charge >= 0.3 is 21.1 Å². The molecule has 0 N–H and O–H groups in total. The maximum Gasteiger partial charge on any atom is 2.00 e. The zero-order valence-corrected chi connectivity index (χ0v) is 35.7. The summed E-state index contributed by atoms with van der Waals surface area (Å²) in [5.74, 6) is 3.44. The van der Waals surface area contributed by atoms with Gasteiger partial charge in [-0.15, -0.1) is 35.4 Å². The van der Waals surface area contributed by atoms with Crippen molar-refractivity contribution in [3.05, 3.63) is 178 Å². The molecular weight excluding hydrogens is 868 g/mol. The first kappa shape index (κ1) is 37.9. The van der Waals surface area contributed by atoms with E-state index in [4.69, 9.17) is 14.7 Å². The number of aromatic nitrogens is 1. The molecule has 2 atom stereocenters. The summed E-state index contributed by atoms with van der Waals surface area (Å²) in [5.41, 5.74) is 12.7. The Balaban J connectivity index is 0.00000441. The van der Waals surface area contributed by atoms with Crippen molar-refractivity contribution in [2.45, 2.75) is 90.8 Å². The van der Waals surface area contributed by atoms with Gasteiger partial charge in [0.25, 0.3) is 0 Å². The molecule has 5 aromatic carbocycles. The van der Waals surface area contributed by atoms with Crippen molar-refractivity contribution in [3.63, 3.8) is 0 Å². The van der Waals surface area contributed by atoms with Crippen LogP contribution in [0.2, 0.25) is 0 Å². The quantitative estimate of drug-likeness (QED) is 0.156. The number of nitrogens with zero attached hydrogens (tertiary/aromatic N) is 4. The number of rotatable bonds is 6. The smallest absolute Gasteiger partial charge is 0.503 e. The molecule has 56 heavy (non-hydrogen) atoms. The predicted octanol–water partition coefficient (Wildman–Crippen LogP) is 12.4. The van der Waals surface area contributed by atoms with Crippen molar-refractivity contribution in [2.24, 2.45) is 4.99 Å². The summed E-state index contributed by atoms with van der Waals surface area (Å²) >= 11 is 0. The van der Waals surface area contributed by atoms with Crippen LogP contribution in [0.5, 0.6) is 11.5 Å². The van der Waals surface area contributed by atoms with Crippen LogP contribution >= 0.6 is 0 Å². The molecule has 3 aliphatic rings. The van der Waals surface area contributed by atoms with Crippen LogP contribution in [0, 0.1) is 19.1 Å². The first-order valence-electron chi connectivity index (χ1n) is 19.5. The fraction of sp³-hybridized carbons (Fsp3) is 0.280. The van der Waals surface area contributed by atoms with Gasteiger partial charge in [0.15, 0.2) is 0 Å². The molecule has 0 radical (unpaired) electrons. The Morgan fingerprint density at radius 3 is 2.34 bits per heavy atom. The number of amidine groups is 1. The van der Waals surface area contributed by atoms with E-state index in [0.717, 1.165) is 40.7 Å². The standard InChI is InChI=1S/C50H48N4O.Pt/c1-31(2)35-25-36(47-52-45(33-15-10-9-11-16-33)46-41-18-13-12-17-34(41)30-53(46)47)27-40(26-35)55-39-24-32(3)23-38(29-39)54-44-21-20-37(49(4,5)6)28-43(44)50(7,8)42-19-14-22-51-48(42)54;/h9-26,28,31,45-46H,30H2,1-8H3;/q-2;+2/t45-,46+;/m1./s1. The first-order valence-corrected chi connectivity index (χ1v) is 19.5. The van der Waals surface area contributed by atoms with Crippen LogP contribution in [0.15, 0.2) is 120 Å². The molecule has 0 amide bonds. The largest absolute Gasteiger partial charge is 2.00 e. The van der Waals surface area contributed by atoms with Gasteiger partial charge in [-0.25, -0.2) is 4.98 Å². The van der Waals surface area contributed by atoms with Crippen molar-refractivity contribution in [1.29, 1.82) is 0 Å². The zero-order chi connectivity index (χ0) is 38.2. The molecule has 0 aliphatic carbocycles. The number of benzene rings is 5. The van der Waals surface area contributed by atoms with E-state index in [-0.39, 0.29) is 49.9 Å². The summed E-state index contributed by atoms with van der Waals surface area (Å²) in [6.45, 7) is 18.8. The number of aliphatic imine (C=N–C) groups is 1. The number of ether oxygens (including phenoxy) is 1. The second kappa shape index (κ2) is 14.2. The molecule has 4 heterocycles. The fourth-order valence-electron chi connectivity index (χ4n) is 8.67. The molecule has 9 rings (SSSR count). The molecule has 0 unspecified atom stereocenters. The molecule has 0 bridgehead atoms. The molecule has 1 aromatic heterocycles. The van der Waals surface area contributed by atoms with E-state index in [9.17, 15) is 0 Å². The van der Waals surface area contributed by atoms with E-state index in [0.29, 0.717) is 11.5 Å². The van der Waals surface area contributed by atoms with Gasteiger partial charge < -0.3 is 19.5 Å². The monoisotopic (exact) mass is 915 g/mol. The Morgan fingerprint density at radius 1 is 0.821 bits per heavy atom. The minimum absolute atomic E-state index is 0. The van der Waals surface area contributed by atoms with E-state index in [1.807, 2.05) is 12.3 Å². The van der Waals surface area contributed by atoms with Gasteiger partial charge in [-0.05, 0) is 51.3 Å². The van der Waals surface area contributed by atoms with E-state index in [1.165, 1.54) is 38.9 Å². The zero-order valence-electron chi connectivity index (χ0n) is 33.4. The van der Waals surface area contributed by atoms with E-state index in [1.54, 1.807) is 0 Å². The number of anilines is 3. The first-order chi connectivity index (χ1) is 26.4. The van der Waals surface area contributed by atoms with Gasteiger partial charge in [0.1, 0.15) is 5.82 Å². The summed E-state index contributed by atoms with van der Waals surface area (Å²) in [4.78, 5) is 15.2. The van der Waals surface area contributed by atoms with Gasteiger partial charge in [0.2, 0.25) is 0 Å². The minimum Gasteiger partial charge on any atom is -0.503 e. The summed E-state index contributed by atoms with van der Waals surface area (Å²) < 4.78 is 6.82. The van der Waals surface area contributed by atoms with Crippen LogP contribution in [0.1, 0.15) is 117 Å². The molecule has 3 aliphatic heterocycles. The number of aryl methyl sites for hydroxylation is 1. The van der Waals surface area contributed by atoms with Gasteiger partial charge in [0.05, 0.1) is 12.1 Å². The van der Waals surface area contributed by atoms with E-state index >= 15 is 0 Å². The number of pyridine rings is 1. The third-order valence-corrected chi connectivity index (χ3v) is 11.7. The third-order valence-electron chi connectivity index (χ3n) is 11.7. The van der Waals surface area contributed by atoms with Crippen LogP contribution in [0.25, 0.3) is 0 Å². The molecule has 5 nitrogen and oxygen atoms in total. The van der Waals surface area contributed by atoms with Crippen LogP contribution in [0.3, 0.4) is 0 Å². The Morgan fingerprint density at radius 2 is 1.57 bits per heavy atom. The van der Waals surface area contributed by atoms with Crippen molar-refractivity contribution < 1.29 is 25.8 Å². The van der Waals surface area contributed by atoms with Crippen LogP contribution in [0.4, 0.5) is 17.2 Å². The van der Waals surface area contributed by atoms with Crippen LogP contribution < -0.4 is 9.64 Å². The maximum atomic E-state index is 6.82. The van der Waals surface area contributed by atoms with Crippen molar-refractivity contribution in [1.82, 2.24) is 9.88 Å².